The fourth-order valence-electron chi connectivity index (χ4n) is 3.69. The van der Waals surface area contributed by atoms with E-state index in [-0.39, 0.29) is 10.8 Å². The van der Waals surface area contributed by atoms with E-state index < -0.39 is 0 Å². The van der Waals surface area contributed by atoms with Crippen LogP contribution in [-0.2, 0) is 0 Å². The highest BCUT2D eigenvalue weighted by Gasteiger charge is 2.19. The summed E-state index contributed by atoms with van der Waals surface area (Å²) in [5, 5.41) is 1.81. The van der Waals surface area contributed by atoms with Crippen molar-refractivity contribution in [3.8, 4) is 5.69 Å². The van der Waals surface area contributed by atoms with E-state index in [1.165, 1.54) is 5.56 Å². The number of aryl methyl sites for hydroxylation is 1. The molecule has 0 fully saturated rings. The second kappa shape index (κ2) is 7.50. The average Bonchev–Trinajstić information content (AvgIpc) is 3.15. The molecule has 0 amide bonds. The molecule has 0 radical (unpaired) electrons. The summed E-state index contributed by atoms with van der Waals surface area (Å²) in [5.41, 5.74) is 5.27. The van der Waals surface area contributed by atoms with Crippen LogP contribution < -0.4 is 5.56 Å². The zero-order chi connectivity index (χ0) is 20.7. The Morgan fingerprint density at radius 2 is 1.63 bits per heavy atom. The van der Waals surface area contributed by atoms with Crippen LogP contribution in [0.1, 0.15) is 23.3 Å². The smallest absolute Gasteiger partial charge is 0.283 e. The van der Waals surface area contributed by atoms with Gasteiger partial charge >= 0.3 is 0 Å². The van der Waals surface area contributed by atoms with Gasteiger partial charge in [-0.1, -0.05) is 78.0 Å². The second-order valence-corrected chi connectivity index (χ2v) is 8.74. The van der Waals surface area contributed by atoms with E-state index in [9.17, 15) is 4.79 Å². The van der Waals surface area contributed by atoms with Crippen molar-refractivity contribution >= 4 is 33.7 Å². The molecule has 0 saturated carbocycles. The van der Waals surface area contributed by atoms with Crippen LogP contribution in [0.4, 0.5) is 0 Å². The van der Waals surface area contributed by atoms with Gasteiger partial charge in [-0.05, 0) is 37.6 Å². The Morgan fingerprint density at radius 3 is 2.40 bits per heavy atom. The molecule has 5 aromatic rings. The molecule has 2 aromatic heterocycles. The molecule has 3 aromatic carbocycles. The maximum atomic E-state index is 13.6. The lowest BCUT2D eigenvalue weighted by Crippen LogP contribution is -2.22. The van der Waals surface area contributed by atoms with Gasteiger partial charge in [0.2, 0.25) is 0 Å². The van der Waals surface area contributed by atoms with Crippen LogP contribution >= 0.6 is 11.8 Å². The van der Waals surface area contributed by atoms with Crippen molar-refractivity contribution in [3.63, 3.8) is 0 Å². The Bertz CT molecular complexity index is 1400. The van der Waals surface area contributed by atoms with Crippen molar-refractivity contribution in [2.45, 2.75) is 24.3 Å². The van der Waals surface area contributed by atoms with Crippen LogP contribution in [0.3, 0.4) is 0 Å². The summed E-state index contributed by atoms with van der Waals surface area (Å²) in [4.78, 5) is 21.9. The van der Waals surface area contributed by atoms with Gasteiger partial charge in [-0.25, -0.2) is 4.98 Å². The number of hydrogen-bond acceptors (Lipinski definition) is 3. The number of nitrogens with zero attached hydrogens (tertiary/aromatic N) is 2. The van der Waals surface area contributed by atoms with Crippen molar-refractivity contribution in [3.05, 3.63) is 100 Å². The van der Waals surface area contributed by atoms with E-state index in [2.05, 4.69) is 24.0 Å². The lowest BCUT2D eigenvalue weighted by molar-refractivity contribution is 0.814. The number of aromatic amines is 1. The highest BCUT2D eigenvalue weighted by molar-refractivity contribution is 7.99. The number of fused-ring (bicyclic) bond motifs is 3. The van der Waals surface area contributed by atoms with E-state index in [4.69, 9.17) is 4.98 Å². The number of H-pyrrole nitrogens is 1. The van der Waals surface area contributed by atoms with E-state index in [1.807, 2.05) is 73.7 Å². The molecule has 0 aliphatic rings. The Hall–Kier alpha value is -3.31. The number of benzene rings is 3. The van der Waals surface area contributed by atoms with Crippen molar-refractivity contribution in [1.82, 2.24) is 14.5 Å². The summed E-state index contributed by atoms with van der Waals surface area (Å²) in [6.45, 7) is 4.18. The first kappa shape index (κ1) is 18.7. The van der Waals surface area contributed by atoms with Gasteiger partial charge in [0.1, 0.15) is 11.0 Å². The molecule has 0 saturated heterocycles. The van der Waals surface area contributed by atoms with Gasteiger partial charge in [-0.15, -0.1) is 0 Å². The number of rotatable bonds is 4. The van der Waals surface area contributed by atoms with Crippen LogP contribution in [0.5, 0.6) is 0 Å². The molecule has 5 rings (SSSR count). The van der Waals surface area contributed by atoms with Gasteiger partial charge in [-0.2, -0.15) is 0 Å². The monoisotopic (exact) mass is 411 g/mol. The van der Waals surface area contributed by atoms with Crippen molar-refractivity contribution in [2.75, 3.05) is 0 Å². The Kier molecular flexibility index (Phi) is 4.68. The molecule has 0 aliphatic carbocycles. The largest absolute Gasteiger partial charge is 0.349 e. The third-order valence-electron chi connectivity index (χ3n) is 5.34. The lowest BCUT2D eigenvalue weighted by atomic mass is 10.2. The van der Waals surface area contributed by atoms with Gasteiger partial charge in [0.15, 0.2) is 5.16 Å². The Labute approximate surface area is 178 Å². The van der Waals surface area contributed by atoms with Crippen molar-refractivity contribution < 1.29 is 0 Å². The average molecular weight is 412 g/mol. The highest BCUT2D eigenvalue weighted by atomic mass is 32.2. The van der Waals surface area contributed by atoms with Gasteiger partial charge in [0.25, 0.3) is 5.56 Å². The summed E-state index contributed by atoms with van der Waals surface area (Å²) in [7, 11) is 0. The minimum absolute atomic E-state index is 0.0807. The highest BCUT2D eigenvalue weighted by Crippen LogP contribution is 2.35. The molecule has 4 nitrogen and oxygen atoms in total. The van der Waals surface area contributed by atoms with E-state index in [0.717, 1.165) is 27.7 Å². The van der Waals surface area contributed by atoms with E-state index in [0.29, 0.717) is 10.7 Å². The molecule has 1 N–H and O–H groups in total. The standard InChI is InChI=1S/C25H21N3OS/c1-16-12-14-19(15-13-16)28-24(29)23-22(20-10-6-7-11-21(20)26-23)27-25(28)30-17(2)18-8-4-3-5-9-18/h3-15,17,26H,1-2H3. The first-order chi connectivity index (χ1) is 14.6. The first-order valence-corrected chi connectivity index (χ1v) is 10.8. The summed E-state index contributed by atoms with van der Waals surface area (Å²) >= 11 is 1.60. The third-order valence-corrected chi connectivity index (χ3v) is 6.45. The van der Waals surface area contributed by atoms with Crippen LogP contribution in [0.25, 0.3) is 27.6 Å². The normalized spacial score (nSPS) is 12.5. The summed E-state index contributed by atoms with van der Waals surface area (Å²) < 4.78 is 1.72. The predicted octanol–water partition coefficient (Wildman–Crippen LogP) is 6.03. The van der Waals surface area contributed by atoms with Crippen molar-refractivity contribution in [2.24, 2.45) is 0 Å². The maximum Gasteiger partial charge on any atom is 0.283 e. The predicted molar refractivity (Wildman–Crippen MR) is 125 cm³/mol. The molecule has 148 valence electrons. The fraction of sp³-hybridized carbons (Fsp3) is 0.120. The summed E-state index contributed by atoms with van der Waals surface area (Å²) in [6, 6.07) is 26.2. The Morgan fingerprint density at radius 1 is 0.933 bits per heavy atom. The number of hydrogen-bond donors (Lipinski definition) is 1. The maximum absolute atomic E-state index is 13.6. The molecule has 30 heavy (non-hydrogen) atoms. The van der Waals surface area contributed by atoms with E-state index >= 15 is 0 Å². The van der Waals surface area contributed by atoms with Crippen molar-refractivity contribution in [1.29, 1.82) is 0 Å². The SMILES string of the molecule is Cc1ccc(-n2c(SC(C)c3ccccc3)nc3c([nH]c4ccccc43)c2=O)cc1. The number of para-hydroxylation sites is 1. The molecule has 5 heteroatoms. The van der Waals surface area contributed by atoms with Gasteiger partial charge in [-0.3, -0.25) is 9.36 Å². The second-order valence-electron chi connectivity index (χ2n) is 7.44. The van der Waals surface area contributed by atoms with Crippen LogP contribution in [0, 0.1) is 6.92 Å². The minimum atomic E-state index is -0.0807. The van der Waals surface area contributed by atoms with E-state index in [1.54, 1.807) is 16.3 Å². The zero-order valence-electron chi connectivity index (χ0n) is 16.8. The third kappa shape index (κ3) is 3.21. The first-order valence-electron chi connectivity index (χ1n) is 9.94. The molecule has 2 heterocycles. The summed E-state index contributed by atoms with van der Waals surface area (Å²) in [6.07, 6.45) is 0. The molecule has 0 spiro atoms. The molecule has 0 bridgehead atoms. The minimum Gasteiger partial charge on any atom is -0.349 e. The van der Waals surface area contributed by atoms with Crippen LogP contribution in [-0.4, -0.2) is 14.5 Å². The summed E-state index contributed by atoms with van der Waals surface area (Å²) in [5.74, 6) is 0. The molecule has 0 aliphatic heterocycles. The zero-order valence-corrected chi connectivity index (χ0v) is 17.6. The molecule has 1 atom stereocenters. The molecular formula is C25H21N3OS. The number of aromatic nitrogens is 3. The van der Waals surface area contributed by atoms with Gasteiger partial charge < -0.3 is 4.98 Å². The van der Waals surface area contributed by atoms with Gasteiger partial charge in [0, 0.05) is 16.2 Å². The lowest BCUT2D eigenvalue weighted by Gasteiger charge is -2.16. The topological polar surface area (TPSA) is 50.7 Å². The number of thioether (sulfide) groups is 1. The van der Waals surface area contributed by atoms with Crippen LogP contribution in [0.15, 0.2) is 88.8 Å². The number of nitrogens with one attached hydrogen (secondary N) is 1. The fourth-order valence-corrected chi connectivity index (χ4v) is 4.74. The Balaban J connectivity index is 1.75. The van der Waals surface area contributed by atoms with Crippen LogP contribution in [0.2, 0.25) is 0 Å². The molecule has 1 unspecified atom stereocenters. The van der Waals surface area contributed by atoms with Gasteiger partial charge in [0.05, 0.1) is 5.69 Å². The molecular weight excluding hydrogens is 390 g/mol. The quantitative estimate of drug-likeness (QED) is 0.290.